The Hall–Kier alpha value is -0.820. The number of hydrogen-bond acceptors (Lipinski definition) is 1. The van der Waals surface area contributed by atoms with Crippen LogP contribution in [-0.2, 0) is 13.0 Å². The summed E-state index contributed by atoms with van der Waals surface area (Å²) in [6, 6.07) is 6.63. The second-order valence-electron chi connectivity index (χ2n) is 4.41. The lowest BCUT2D eigenvalue weighted by Crippen LogP contribution is -2.27. The third-order valence-corrected chi connectivity index (χ3v) is 2.70. The second-order valence-corrected chi connectivity index (χ2v) is 4.41. The number of likely N-dealkylation sites (N-methyl/N-ethyl adjacent to an activating group) is 1. The molecule has 0 saturated carbocycles. The quantitative estimate of drug-likeness (QED) is 0.603. The lowest BCUT2D eigenvalue weighted by Gasteiger charge is -2.26. The van der Waals surface area contributed by atoms with Gasteiger partial charge in [0.15, 0.2) is 0 Å². The fraction of sp³-hybridized carbons (Fsp3) is 0.667. The smallest absolute Gasteiger partial charge is 0.0236 e. The van der Waals surface area contributed by atoms with Gasteiger partial charge in [-0.1, -0.05) is 66.2 Å². The van der Waals surface area contributed by atoms with Crippen LogP contribution in [0, 0.1) is 6.92 Å². The molecule has 0 fully saturated rings. The summed E-state index contributed by atoms with van der Waals surface area (Å²) >= 11 is 0. The molecule has 0 spiro atoms. The molecule has 1 aromatic carbocycles. The van der Waals surface area contributed by atoms with Gasteiger partial charge < -0.3 is 4.90 Å². The van der Waals surface area contributed by atoms with Crippen molar-refractivity contribution in [2.24, 2.45) is 0 Å². The van der Waals surface area contributed by atoms with Crippen molar-refractivity contribution in [3.05, 3.63) is 34.9 Å². The molecule has 1 nitrogen and oxygen atoms in total. The minimum absolute atomic E-state index is 1.13. The average Bonchev–Trinajstić information content (AvgIpc) is 2.45. The lowest BCUT2D eigenvalue weighted by atomic mass is 9.96. The van der Waals surface area contributed by atoms with Gasteiger partial charge in [0.05, 0.1) is 0 Å². The highest BCUT2D eigenvalue weighted by atomic mass is 15.1. The van der Waals surface area contributed by atoms with Crippen LogP contribution in [0.15, 0.2) is 18.2 Å². The Labute approximate surface area is 122 Å². The molecule has 0 bridgehead atoms. The first-order valence-corrected chi connectivity index (χ1v) is 7.95. The summed E-state index contributed by atoms with van der Waals surface area (Å²) in [5.74, 6) is 0. The molecule has 1 aliphatic rings. The summed E-state index contributed by atoms with van der Waals surface area (Å²) in [7, 11) is 2.19. The molecule has 0 amide bonds. The van der Waals surface area contributed by atoms with Crippen molar-refractivity contribution in [1.82, 2.24) is 4.90 Å². The third-order valence-electron chi connectivity index (χ3n) is 2.70. The molecule has 0 atom stereocenters. The number of fused-ring (bicyclic) bond motifs is 1. The molecule has 0 aromatic heterocycles. The van der Waals surface area contributed by atoms with Crippen LogP contribution in [0.5, 0.6) is 0 Å². The van der Waals surface area contributed by atoms with Crippen LogP contribution >= 0.6 is 0 Å². The van der Waals surface area contributed by atoms with E-state index in [1.807, 2.05) is 27.7 Å². The summed E-state index contributed by atoms with van der Waals surface area (Å²) < 4.78 is 0. The molecule has 0 radical (unpaired) electrons. The van der Waals surface area contributed by atoms with Gasteiger partial charge in [0.25, 0.3) is 0 Å². The van der Waals surface area contributed by atoms with Crippen molar-refractivity contribution in [2.45, 2.75) is 67.9 Å². The number of hydrogen-bond donors (Lipinski definition) is 0. The maximum absolute atomic E-state index is 2.38. The predicted molar refractivity (Wildman–Crippen MR) is 89.9 cm³/mol. The summed E-state index contributed by atoms with van der Waals surface area (Å²) in [5.41, 5.74) is 4.54. The third kappa shape index (κ3) is 8.05. The first kappa shape index (κ1) is 20.5. The van der Waals surface area contributed by atoms with Crippen LogP contribution in [0.25, 0.3) is 0 Å². The van der Waals surface area contributed by atoms with Crippen molar-refractivity contribution in [3.63, 3.8) is 0 Å². The van der Waals surface area contributed by atoms with E-state index in [1.54, 1.807) is 11.1 Å². The van der Waals surface area contributed by atoms with Gasteiger partial charge in [-0.3, -0.25) is 0 Å². The molecular formula is C18H35N. The monoisotopic (exact) mass is 265 g/mol. The molecule has 1 heteroatoms. The van der Waals surface area contributed by atoms with Gasteiger partial charge in [0.1, 0.15) is 0 Å². The number of nitrogens with zero attached hydrogens (tertiary/aromatic N) is 1. The molecule has 19 heavy (non-hydrogen) atoms. The van der Waals surface area contributed by atoms with Gasteiger partial charge >= 0.3 is 0 Å². The largest absolute Gasteiger partial charge is 0.302 e. The van der Waals surface area contributed by atoms with Gasteiger partial charge in [-0.05, 0) is 37.1 Å². The highest BCUT2D eigenvalue weighted by molar-refractivity contribution is 5.35. The Kier molecular flexibility index (Phi) is 14.7. The van der Waals surface area contributed by atoms with Gasteiger partial charge in [-0.25, -0.2) is 0 Å². The highest BCUT2D eigenvalue weighted by Gasteiger charge is 2.13. The van der Waals surface area contributed by atoms with Crippen LogP contribution in [0.2, 0.25) is 0 Å². The van der Waals surface area contributed by atoms with E-state index in [-0.39, 0.29) is 0 Å². The van der Waals surface area contributed by atoms with E-state index in [0.29, 0.717) is 0 Å². The molecule has 1 aromatic rings. The SMILES string of the molecule is CC.CC.CCC.Cc1cccc2c1CN(C)CC2. The standard InChI is InChI=1S/C11H15N.C3H8.2C2H6/c1-9-4-3-5-10-6-7-12(2)8-11(9)10;1-3-2;2*1-2/h3-5H,6-8H2,1-2H3;3H2,1-2H3;2*1-2H3. The fourth-order valence-electron chi connectivity index (χ4n) is 1.88. The predicted octanol–water partition coefficient (Wildman–Crippen LogP) is 5.45. The van der Waals surface area contributed by atoms with Gasteiger partial charge in [-0.15, -0.1) is 0 Å². The van der Waals surface area contributed by atoms with E-state index in [4.69, 9.17) is 0 Å². The zero-order valence-electron chi connectivity index (χ0n) is 14.5. The zero-order valence-corrected chi connectivity index (χ0v) is 14.5. The second kappa shape index (κ2) is 13.6. The summed E-state index contributed by atoms with van der Waals surface area (Å²) in [6.07, 6.45) is 2.47. The Bertz CT molecular complexity index is 305. The molecule has 0 N–H and O–H groups in total. The van der Waals surface area contributed by atoms with Crippen molar-refractivity contribution in [2.75, 3.05) is 13.6 Å². The fourth-order valence-corrected chi connectivity index (χ4v) is 1.88. The molecule has 112 valence electrons. The van der Waals surface area contributed by atoms with E-state index in [1.165, 1.54) is 24.9 Å². The Balaban J connectivity index is 0. The Morgan fingerprint density at radius 3 is 2.11 bits per heavy atom. The maximum Gasteiger partial charge on any atom is 0.0236 e. The van der Waals surface area contributed by atoms with Crippen LogP contribution in [-0.4, -0.2) is 18.5 Å². The highest BCUT2D eigenvalue weighted by Crippen LogP contribution is 2.20. The number of aryl methyl sites for hydroxylation is 1. The summed E-state index contributed by atoms with van der Waals surface area (Å²) in [5, 5.41) is 0. The van der Waals surface area contributed by atoms with E-state index in [0.717, 1.165) is 6.54 Å². The Morgan fingerprint density at radius 2 is 1.58 bits per heavy atom. The van der Waals surface area contributed by atoms with E-state index < -0.39 is 0 Å². The summed E-state index contributed by atoms with van der Waals surface area (Å²) in [6.45, 7) is 16.8. The van der Waals surface area contributed by atoms with Crippen molar-refractivity contribution < 1.29 is 0 Å². The molecule has 1 aliphatic heterocycles. The molecule has 1 heterocycles. The molecular weight excluding hydrogens is 230 g/mol. The van der Waals surface area contributed by atoms with Crippen LogP contribution in [0.3, 0.4) is 0 Å². The Morgan fingerprint density at radius 1 is 1.05 bits per heavy atom. The minimum atomic E-state index is 1.13. The van der Waals surface area contributed by atoms with Crippen LogP contribution < -0.4 is 0 Å². The molecule has 2 rings (SSSR count). The lowest BCUT2D eigenvalue weighted by molar-refractivity contribution is 0.312. The van der Waals surface area contributed by atoms with E-state index in [9.17, 15) is 0 Å². The molecule has 0 aliphatic carbocycles. The zero-order chi connectivity index (χ0) is 15.3. The topological polar surface area (TPSA) is 3.24 Å². The van der Waals surface area contributed by atoms with Crippen molar-refractivity contribution in [3.8, 4) is 0 Å². The van der Waals surface area contributed by atoms with E-state index >= 15 is 0 Å². The van der Waals surface area contributed by atoms with Crippen molar-refractivity contribution in [1.29, 1.82) is 0 Å². The number of benzene rings is 1. The van der Waals surface area contributed by atoms with Gasteiger partial charge in [0, 0.05) is 13.1 Å². The molecule has 0 saturated heterocycles. The van der Waals surface area contributed by atoms with Crippen molar-refractivity contribution >= 4 is 0 Å². The first-order valence-electron chi connectivity index (χ1n) is 7.95. The summed E-state index contributed by atoms with van der Waals surface area (Å²) in [4.78, 5) is 2.38. The van der Waals surface area contributed by atoms with Gasteiger partial charge in [-0.2, -0.15) is 0 Å². The van der Waals surface area contributed by atoms with E-state index in [2.05, 4.69) is 50.9 Å². The maximum atomic E-state index is 2.38. The average molecular weight is 265 g/mol. The normalized spacial score (nSPS) is 12.6. The van der Waals surface area contributed by atoms with Crippen LogP contribution in [0.4, 0.5) is 0 Å². The minimum Gasteiger partial charge on any atom is -0.302 e. The molecule has 0 unspecified atom stereocenters. The first-order chi connectivity index (χ1) is 9.19. The number of rotatable bonds is 0. The van der Waals surface area contributed by atoms with Crippen LogP contribution in [0.1, 0.15) is 64.7 Å². The van der Waals surface area contributed by atoms with Gasteiger partial charge in [0.2, 0.25) is 0 Å².